The number of benzene rings is 1. The standard InChI is InChI=1S/C15H11FN2O/c16-12-5-11(7-17-8-12)15(19)14-9-18-6-10-3-1-2-4-13(10)14/h1-9,15,19H. The van der Waals surface area contributed by atoms with Crippen molar-refractivity contribution in [3.05, 3.63) is 72.1 Å². The number of hydrogen-bond acceptors (Lipinski definition) is 3. The van der Waals surface area contributed by atoms with Gasteiger partial charge in [0.25, 0.3) is 0 Å². The van der Waals surface area contributed by atoms with Crippen LogP contribution >= 0.6 is 0 Å². The van der Waals surface area contributed by atoms with E-state index in [1.807, 2.05) is 24.3 Å². The molecular weight excluding hydrogens is 243 g/mol. The van der Waals surface area contributed by atoms with Gasteiger partial charge in [0, 0.05) is 35.1 Å². The van der Waals surface area contributed by atoms with Crippen molar-refractivity contribution in [2.24, 2.45) is 0 Å². The molecule has 1 atom stereocenters. The van der Waals surface area contributed by atoms with Crippen LogP contribution in [-0.2, 0) is 0 Å². The predicted octanol–water partition coefficient (Wildman–Crippen LogP) is 2.85. The van der Waals surface area contributed by atoms with Crippen molar-refractivity contribution in [3.63, 3.8) is 0 Å². The van der Waals surface area contributed by atoms with Crippen molar-refractivity contribution < 1.29 is 9.50 Å². The molecule has 0 bridgehead atoms. The van der Waals surface area contributed by atoms with Gasteiger partial charge in [-0.05, 0) is 11.5 Å². The van der Waals surface area contributed by atoms with E-state index in [2.05, 4.69) is 9.97 Å². The number of pyridine rings is 2. The van der Waals surface area contributed by atoms with Crippen LogP contribution in [0.1, 0.15) is 17.2 Å². The fourth-order valence-electron chi connectivity index (χ4n) is 2.12. The second kappa shape index (κ2) is 4.74. The summed E-state index contributed by atoms with van der Waals surface area (Å²) in [4.78, 5) is 7.86. The summed E-state index contributed by atoms with van der Waals surface area (Å²) >= 11 is 0. The van der Waals surface area contributed by atoms with Crippen molar-refractivity contribution in [1.82, 2.24) is 9.97 Å². The number of halogens is 1. The summed E-state index contributed by atoms with van der Waals surface area (Å²) in [6, 6.07) is 8.90. The first-order chi connectivity index (χ1) is 9.25. The number of nitrogens with zero attached hydrogens (tertiary/aromatic N) is 2. The normalized spacial score (nSPS) is 12.5. The van der Waals surface area contributed by atoms with Crippen LogP contribution in [0.15, 0.2) is 55.1 Å². The van der Waals surface area contributed by atoms with Gasteiger partial charge >= 0.3 is 0 Å². The van der Waals surface area contributed by atoms with E-state index in [1.165, 1.54) is 12.3 Å². The van der Waals surface area contributed by atoms with Crippen LogP contribution in [0, 0.1) is 5.82 Å². The van der Waals surface area contributed by atoms with Crippen LogP contribution in [0.2, 0.25) is 0 Å². The smallest absolute Gasteiger partial charge is 0.141 e. The molecule has 2 aromatic heterocycles. The van der Waals surface area contributed by atoms with E-state index in [1.54, 1.807) is 12.4 Å². The van der Waals surface area contributed by atoms with Crippen molar-refractivity contribution >= 4 is 10.8 Å². The Kier molecular flexibility index (Phi) is 2.93. The molecule has 1 unspecified atom stereocenters. The largest absolute Gasteiger partial charge is 0.384 e. The molecule has 3 nitrogen and oxygen atoms in total. The number of hydrogen-bond donors (Lipinski definition) is 1. The van der Waals surface area contributed by atoms with Crippen LogP contribution in [0.3, 0.4) is 0 Å². The molecule has 0 spiro atoms. The zero-order chi connectivity index (χ0) is 13.2. The van der Waals surface area contributed by atoms with Gasteiger partial charge in [-0.3, -0.25) is 9.97 Å². The van der Waals surface area contributed by atoms with Crippen LogP contribution in [0.4, 0.5) is 4.39 Å². The average Bonchev–Trinajstić information content (AvgIpc) is 2.46. The van der Waals surface area contributed by atoms with E-state index in [-0.39, 0.29) is 0 Å². The monoisotopic (exact) mass is 254 g/mol. The van der Waals surface area contributed by atoms with E-state index in [4.69, 9.17) is 0 Å². The highest BCUT2D eigenvalue weighted by Gasteiger charge is 2.14. The number of aromatic nitrogens is 2. The molecule has 0 amide bonds. The first kappa shape index (κ1) is 11.7. The second-order valence-corrected chi connectivity index (χ2v) is 4.29. The summed E-state index contributed by atoms with van der Waals surface area (Å²) in [5.74, 6) is -0.468. The molecular formula is C15H11FN2O. The highest BCUT2D eigenvalue weighted by molar-refractivity contribution is 5.85. The molecule has 3 rings (SSSR count). The van der Waals surface area contributed by atoms with Crippen molar-refractivity contribution in [2.45, 2.75) is 6.10 Å². The molecule has 19 heavy (non-hydrogen) atoms. The van der Waals surface area contributed by atoms with Crippen LogP contribution in [0.5, 0.6) is 0 Å². The quantitative estimate of drug-likeness (QED) is 0.764. The molecule has 0 aliphatic rings. The van der Waals surface area contributed by atoms with Crippen LogP contribution in [0.25, 0.3) is 10.8 Å². The topological polar surface area (TPSA) is 46.0 Å². The fourth-order valence-corrected chi connectivity index (χ4v) is 2.12. The maximum atomic E-state index is 13.2. The predicted molar refractivity (Wildman–Crippen MR) is 70.0 cm³/mol. The van der Waals surface area contributed by atoms with Gasteiger partial charge in [-0.1, -0.05) is 24.3 Å². The highest BCUT2D eigenvalue weighted by atomic mass is 19.1. The second-order valence-electron chi connectivity index (χ2n) is 4.29. The summed E-state index contributed by atoms with van der Waals surface area (Å²) in [7, 11) is 0. The van der Waals surface area contributed by atoms with Gasteiger partial charge in [-0.15, -0.1) is 0 Å². The lowest BCUT2D eigenvalue weighted by Gasteiger charge is -2.13. The zero-order valence-electron chi connectivity index (χ0n) is 9.99. The molecule has 1 N–H and O–H groups in total. The number of aliphatic hydroxyl groups is 1. The molecule has 0 fully saturated rings. The van der Waals surface area contributed by atoms with E-state index in [0.29, 0.717) is 11.1 Å². The molecule has 3 aromatic rings. The van der Waals surface area contributed by atoms with E-state index in [9.17, 15) is 9.50 Å². The van der Waals surface area contributed by atoms with Gasteiger partial charge in [-0.2, -0.15) is 0 Å². The minimum atomic E-state index is -0.943. The third kappa shape index (κ3) is 2.18. The van der Waals surface area contributed by atoms with Crippen molar-refractivity contribution in [3.8, 4) is 0 Å². The lowest BCUT2D eigenvalue weighted by molar-refractivity contribution is 0.220. The third-order valence-electron chi connectivity index (χ3n) is 3.04. The maximum Gasteiger partial charge on any atom is 0.141 e. The summed E-state index contributed by atoms with van der Waals surface area (Å²) in [6.07, 6.45) is 4.95. The lowest BCUT2D eigenvalue weighted by atomic mass is 9.99. The minimum absolute atomic E-state index is 0.415. The first-order valence-corrected chi connectivity index (χ1v) is 5.87. The van der Waals surface area contributed by atoms with Crippen LogP contribution < -0.4 is 0 Å². The Hall–Kier alpha value is -2.33. The first-order valence-electron chi connectivity index (χ1n) is 5.87. The molecule has 0 saturated heterocycles. The third-order valence-corrected chi connectivity index (χ3v) is 3.04. The van der Waals surface area contributed by atoms with Crippen molar-refractivity contribution in [2.75, 3.05) is 0 Å². The Morgan fingerprint density at radius 1 is 1.00 bits per heavy atom. The molecule has 2 heterocycles. The molecule has 1 aromatic carbocycles. The number of aliphatic hydroxyl groups excluding tert-OH is 1. The number of rotatable bonds is 2. The maximum absolute atomic E-state index is 13.2. The molecule has 0 radical (unpaired) electrons. The van der Waals surface area contributed by atoms with Crippen molar-refractivity contribution in [1.29, 1.82) is 0 Å². The lowest BCUT2D eigenvalue weighted by Crippen LogP contribution is -2.02. The van der Waals surface area contributed by atoms with Gasteiger partial charge in [0.15, 0.2) is 0 Å². The fraction of sp³-hybridized carbons (Fsp3) is 0.0667. The Morgan fingerprint density at radius 2 is 1.79 bits per heavy atom. The summed E-state index contributed by atoms with van der Waals surface area (Å²) in [5, 5.41) is 12.2. The molecule has 94 valence electrons. The summed E-state index contributed by atoms with van der Waals surface area (Å²) in [6.45, 7) is 0. The van der Waals surface area contributed by atoms with Crippen LogP contribution in [-0.4, -0.2) is 15.1 Å². The Labute approximate surface area is 109 Å². The van der Waals surface area contributed by atoms with Gasteiger partial charge in [0.1, 0.15) is 11.9 Å². The molecule has 0 saturated carbocycles. The summed E-state index contributed by atoms with van der Waals surface area (Å²) in [5.41, 5.74) is 1.06. The zero-order valence-corrected chi connectivity index (χ0v) is 9.99. The highest BCUT2D eigenvalue weighted by Crippen LogP contribution is 2.27. The molecule has 0 aliphatic heterocycles. The van der Waals surface area contributed by atoms with Gasteiger partial charge < -0.3 is 5.11 Å². The van der Waals surface area contributed by atoms with E-state index < -0.39 is 11.9 Å². The van der Waals surface area contributed by atoms with Gasteiger partial charge in [0.2, 0.25) is 0 Å². The Morgan fingerprint density at radius 3 is 2.63 bits per heavy atom. The average molecular weight is 254 g/mol. The summed E-state index contributed by atoms with van der Waals surface area (Å²) < 4.78 is 13.2. The number of fused-ring (bicyclic) bond motifs is 1. The Bertz CT molecular complexity index is 725. The molecule has 4 heteroatoms. The van der Waals surface area contributed by atoms with Gasteiger partial charge in [0.05, 0.1) is 6.20 Å². The van der Waals surface area contributed by atoms with E-state index >= 15 is 0 Å². The SMILES string of the molecule is OC(c1cncc(F)c1)c1cncc2ccccc12. The minimum Gasteiger partial charge on any atom is -0.384 e. The molecule has 0 aliphatic carbocycles. The van der Waals surface area contributed by atoms with E-state index in [0.717, 1.165) is 17.0 Å². The van der Waals surface area contributed by atoms with Gasteiger partial charge in [-0.25, -0.2) is 4.39 Å². The Balaban J connectivity index is 2.14.